The molecule has 1 saturated carbocycles. The Labute approximate surface area is 112 Å². The van der Waals surface area contributed by atoms with E-state index in [0.29, 0.717) is 0 Å². The Hall–Kier alpha value is -2.03. The van der Waals surface area contributed by atoms with Crippen LogP contribution in [-0.4, -0.2) is 41.3 Å². The molecular formula is C11H7O8P. The van der Waals surface area contributed by atoms with Gasteiger partial charge in [0, 0.05) is 0 Å². The molecule has 2 unspecified atom stereocenters. The Bertz CT molecular complexity index is 687. The van der Waals surface area contributed by atoms with E-state index in [1.807, 2.05) is 0 Å². The van der Waals surface area contributed by atoms with E-state index in [1.165, 1.54) is 24.5 Å². The number of allylic oxidation sites excluding steroid dienone is 1. The summed E-state index contributed by atoms with van der Waals surface area (Å²) in [5, 5.41) is 0. The highest BCUT2D eigenvalue weighted by Gasteiger charge is 2.68. The predicted molar refractivity (Wildman–Crippen MR) is 62.2 cm³/mol. The van der Waals surface area contributed by atoms with E-state index in [2.05, 4.69) is 0 Å². The number of rotatable bonds is 2. The largest absolute Gasteiger partial charge is 0.411 e. The maximum atomic E-state index is 12.1. The molecule has 8 nitrogen and oxygen atoms in total. The van der Waals surface area contributed by atoms with Gasteiger partial charge in [0.05, 0.1) is 13.0 Å². The minimum atomic E-state index is -3.92. The lowest BCUT2D eigenvalue weighted by Crippen LogP contribution is -2.28. The number of carbonyl (C=O) groups is 2. The zero-order valence-electron chi connectivity index (χ0n) is 10.1. The SMILES string of the molecule is CCOP1(=C=O)OC(=C=O)C(=C=O)C(=O)C2(CC2=O)O1. The van der Waals surface area contributed by atoms with Crippen LogP contribution < -0.4 is 0 Å². The first-order valence-electron chi connectivity index (χ1n) is 5.40. The van der Waals surface area contributed by atoms with Gasteiger partial charge in [-0.25, -0.2) is 14.4 Å². The lowest BCUT2D eigenvalue weighted by molar-refractivity contribution is -0.128. The summed E-state index contributed by atoms with van der Waals surface area (Å²) >= 11 is 0. The van der Waals surface area contributed by atoms with Gasteiger partial charge in [0.15, 0.2) is 17.3 Å². The summed E-state index contributed by atoms with van der Waals surface area (Å²) in [5.74, 6) is -0.194. The molecule has 0 radical (unpaired) electrons. The number of ketones is 2. The van der Waals surface area contributed by atoms with E-state index in [1.54, 1.807) is 0 Å². The molecule has 2 rings (SSSR count). The quantitative estimate of drug-likeness (QED) is 0.294. The van der Waals surface area contributed by atoms with E-state index in [-0.39, 0.29) is 13.0 Å². The first-order chi connectivity index (χ1) is 9.48. The molecule has 1 spiro atoms. The zero-order valence-corrected chi connectivity index (χ0v) is 11.0. The van der Waals surface area contributed by atoms with E-state index in [4.69, 9.17) is 13.6 Å². The first-order valence-corrected chi connectivity index (χ1v) is 6.95. The van der Waals surface area contributed by atoms with Crippen LogP contribution in [0.15, 0.2) is 11.3 Å². The van der Waals surface area contributed by atoms with Crippen molar-refractivity contribution in [3.05, 3.63) is 11.3 Å². The minimum absolute atomic E-state index is 0.0618. The minimum Gasteiger partial charge on any atom is -0.411 e. The lowest BCUT2D eigenvalue weighted by Gasteiger charge is -2.20. The van der Waals surface area contributed by atoms with Crippen LogP contribution in [0.25, 0.3) is 0 Å². The van der Waals surface area contributed by atoms with Crippen LogP contribution in [-0.2, 0) is 37.5 Å². The van der Waals surface area contributed by atoms with Gasteiger partial charge < -0.3 is 9.05 Å². The summed E-state index contributed by atoms with van der Waals surface area (Å²) in [4.78, 5) is 56.2. The van der Waals surface area contributed by atoms with Crippen molar-refractivity contribution in [2.24, 2.45) is 0 Å². The van der Waals surface area contributed by atoms with E-state index < -0.39 is 36.1 Å². The van der Waals surface area contributed by atoms with Crippen LogP contribution in [0.2, 0.25) is 0 Å². The molecule has 2 atom stereocenters. The van der Waals surface area contributed by atoms with Gasteiger partial charge in [-0.2, -0.15) is 0 Å². The molecule has 0 N–H and O–H groups in total. The second-order valence-corrected chi connectivity index (χ2v) is 5.65. The standard InChI is InChI=1S/C11H7O8P/c1-2-17-20(6-14)18-8(5-13)7(4-12)10(16)11(19-20)3-9(11)15/h2-3H2,1H3. The van der Waals surface area contributed by atoms with Crippen LogP contribution in [0.5, 0.6) is 0 Å². The van der Waals surface area contributed by atoms with Gasteiger partial charge in [0.25, 0.3) is 0 Å². The summed E-state index contributed by atoms with van der Waals surface area (Å²) < 4.78 is 15.0. The molecule has 1 saturated heterocycles. The molecule has 0 bridgehead atoms. The molecule has 0 amide bonds. The van der Waals surface area contributed by atoms with Crippen molar-refractivity contribution < 1.29 is 37.5 Å². The number of hydrogen-bond acceptors (Lipinski definition) is 8. The van der Waals surface area contributed by atoms with E-state index in [9.17, 15) is 24.0 Å². The monoisotopic (exact) mass is 298 g/mol. The highest BCUT2D eigenvalue weighted by Crippen LogP contribution is 2.61. The molecule has 0 aromatic heterocycles. The predicted octanol–water partition coefficient (Wildman–Crippen LogP) is -0.346. The van der Waals surface area contributed by atoms with Gasteiger partial charge in [-0.05, 0) is 6.92 Å². The Morgan fingerprint density at radius 2 is 1.95 bits per heavy atom. The molecule has 0 aromatic carbocycles. The lowest BCUT2D eigenvalue weighted by atomic mass is 10.1. The highest BCUT2D eigenvalue weighted by atomic mass is 31.2. The highest BCUT2D eigenvalue weighted by molar-refractivity contribution is 7.60. The van der Waals surface area contributed by atoms with Crippen molar-refractivity contribution in [3.8, 4) is 0 Å². The van der Waals surface area contributed by atoms with E-state index >= 15 is 0 Å². The molecule has 0 aromatic rings. The van der Waals surface area contributed by atoms with Gasteiger partial charge in [0.2, 0.25) is 22.8 Å². The normalized spacial score (nSPS) is 32.0. The fourth-order valence-electron chi connectivity index (χ4n) is 1.66. The van der Waals surface area contributed by atoms with Crippen LogP contribution in [0, 0.1) is 0 Å². The van der Waals surface area contributed by atoms with Crippen molar-refractivity contribution in [3.63, 3.8) is 0 Å². The number of Topliss-reactive ketones (excluding diaryl/α,β-unsaturated/α-hetero) is 2. The Morgan fingerprint density at radius 1 is 1.30 bits per heavy atom. The van der Waals surface area contributed by atoms with Crippen molar-refractivity contribution in [2.45, 2.75) is 18.9 Å². The maximum absolute atomic E-state index is 12.1. The van der Waals surface area contributed by atoms with Crippen molar-refractivity contribution in [2.75, 3.05) is 6.61 Å². The second-order valence-electron chi connectivity index (χ2n) is 3.85. The van der Waals surface area contributed by atoms with Gasteiger partial charge >= 0.3 is 7.57 Å². The number of carbonyl (C=O) groups excluding carboxylic acids is 5. The zero-order chi connectivity index (χ0) is 15.0. The van der Waals surface area contributed by atoms with Crippen molar-refractivity contribution in [1.82, 2.24) is 0 Å². The molecule has 104 valence electrons. The Kier molecular flexibility index (Phi) is 3.46. The van der Waals surface area contributed by atoms with Crippen LogP contribution in [0.4, 0.5) is 0 Å². The first kappa shape index (κ1) is 14.4. The maximum Gasteiger partial charge on any atom is 0.399 e. The summed E-state index contributed by atoms with van der Waals surface area (Å²) in [7, 11) is -3.92. The fourth-order valence-corrected chi connectivity index (χ4v) is 3.30. The smallest absolute Gasteiger partial charge is 0.399 e. The van der Waals surface area contributed by atoms with Crippen molar-refractivity contribution in [1.29, 1.82) is 0 Å². The Balaban J connectivity index is 2.67. The topological polar surface area (TPSA) is 113 Å². The fraction of sp³-hybridized carbons (Fsp3) is 0.364. The van der Waals surface area contributed by atoms with Crippen LogP contribution in [0.1, 0.15) is 13.3 Å². The molecule has 1 heterocycles. The van der Waals surface area contributed by atoms with Gasteiger partial charge in [-0.15, -0.1) is 0 Å². The third-order valence-corrected chi connectivity index (χ3v) is 4.45. The molecule has 1 aliphatic carbocycles. The summed E-state index contributed by atoms with van der Waals surface area (Å²) in [6.07, 6.45) is -0.344. The second kappa shape index (κ2) is 4.82. The molecule has 1 aliphatic heterocycles. The van der Waals surface area contributed by atoms with Crippen LogP contribution >= 0.6 is 7.57 Å². The Morgan fingerprint density at radius 3 is 2.35 bits per heavy atom. The third-order valence-electron chi connectivity index (χ3n) is 2.65. The average molecular weight is 298 g/mol. The number of hydrogen-bond donors (Lipinski definition) is 0. The molecule has 2 aliphatic rings. The molecule has 20 heavy (non-hydrogen) atoms. The molecule has 9 heteroatoms. The summed E-state index contributed by atoms with van der Waals surface area (Å²) in [6, 6.07) is 0. The average Bonchev–Trinajstić information content (AvgIpc) is 3.10. The third kappa shape index (κ3) is 1.94. The van der Waals surface area contributed by atoms with E-state index in [0.717, 1.165) is 0 Å². The van der Waals surface area contributed by atoms with Gasteiger partial charge in [-0.1, -0.05) is 0 Å². The van der Waals surface area contributed by atoms with Crippen molar-refractivity contribution >= 4 is 36.7 Å². The summed E-state index contributed by atoms with van der Waals surface area (Å²) in [6.45, 7) is 1.44. The van der Waals surface area contributed by atoms with Gasteiger partial charge in [0.1, 0.15) is 5.94 Å². The summed E-state index contributed by atoms with van der Waals surface area (Å²) in [5.41, 5.74) is -1.50. The van der Waals surface area contributed by atoms with Gasteiger partial charge in [-0.3, -0.25) is 14.1 Å². The van der Waals surface area contributed by atoms with Crippen LogP contribution in [0.3, 0.4) is 0 Å². The molecule has 2 fully saturated rings. The molecular weight excluding hydrogens is 291 g/mol.